The van der Waals surface area contributed by atoms with Crippen LogP contribution in [0, 0.1) is 0 Å². The van der Waals surface area contributed by atoms with Crippen molar-refractivity contribution in [3.05, 3.63) is 77.4 Å². The van der Waals surface area contributed by atoms with Gasteiger partial charge in [-0.05, 0) is 48.9 Å². The van der Waals surface area contributed by atoms with Crippen molar-refractivity contribution in [2.24, 2.45) is 0 Å². The molecule has 0 saturated carbocycles. The Labute approximate surface area is 221 Å². The maximum absolute atomic E-state index is 13.6. The monoisotopic (exact) mass is 520 g/mol. The molecule has 4 aromatic rings. The van der Waals surface area contributed by atoms with E-state index < -0.39 is 37.2 Å². The Morgan fingerprint density at radius 2 is 2.08 bits per heavy atom. The molecule has 3 aliphatic rings. The van der Waals surface area contributed by atoms with Crippen molar-refractivity contribution in [1.29, 1.82) is 0 Å². The van der Waals surface area contributed by atoms with Crippen LogP contribution in [0.1, 0.15) is 56.5 Å². The van der Waals surface area contributed by atoms with Gasteiger partial charge in [-0.2, -0.15) is 8.78 Å². The highest BCUT2D eigenvalue weighted by atomic mass is 19.3. The van der Waals surface area contributed by atoms with Crippen molar-refractivity contribution in [2.75, 3.05) is 20.1 Å². The summed E-state index contributed by atoms with van der Waals surface area (Å²) in [5, 5.41) is 14.0. The summed E-state index contributed by atoms with van der Waals surface area (Å²) < 4.78 is 58.0. The number of aromatic nitrogens is 3. The minimum absolute atomic E-state index is 0.00885. The number of benzene rings is 2. The summed E-state index contributed by atoms with van der Waals surface area (Å²) in [5.74, 6) is -0.586. The first kappa shape index (κ1) is 20.1. The predicted octanol–water partition coefficient (Wildman–Crippen LogP) is 4.00. The molecule has 2 aromatic heterocycles. The van der Waals surface area contributed by atoms with Crippen LogP contribution in [-0.4, -0.2) is 57.1 Å². The van der Waals surface area contributed by atoms with Crippen molar-refractivity contribution in [2.45, 2.75) is 37.1 Å². The van der Waals surface area contributed by atoms with Gasteiger partial charge in [-0.3, -0.25) is 9.78 Å². The third kappa shape index (κ3) is 3.36. The Bertz CT molecular complexity index is 1690. The zero-order chi connectivity index (χ0) is 28.7. The number of hydrogen-bond acceptors (Lipinski definition) is 6. The van der Waals surface area contributed by atoms with Crippen molar-refractivity contribution >= 4 is 16.9 Å². The van der Waals surface area contributed by atoms with Crippen LogP contribution in [0.25, 0.3) is 22.2 Å². The summed E-state index contributed by atoms with van der Waals surface area (Å²) in [6.45, 7) is -4.78. The number of alkyl halides is 2. The molecule has 0 aliphatic carbocycles. The van der Waals surface area contributed by atoms with Gasteiger partial charge in [0.1, 0.15) is 17.2 Å². The predicted molar refractivity (Wildman–Crippen MR) is 135 cm³/mol. The van der Waals surface area contributed by atoms with E-state index >= 15 is 0 Å². The Morgan fingerprint density at radius 1 is 1.21 bits per heavy atom. The molecule has 1 saturated heterocycles. The lowest BCUT2D eigenvalue weighted by atomic mass is 9.96. The number of carbonyl (C=O) groups is 1. The number of hydrogen-bond donors (Lipinski definition) is 2. The Kier molecular flexibility index (Phi) is 4.40. The van der Waals surface area contributed by atoms with Gasteiger partial charge >= 0.3 is 6.61 Å². The number of halogens is 2. The number of amides is 1. The second kappa shape index (κ2) is 8.31. The molecule has 7 rings (SSSR count). The third-order valence-electron chi connectivity index (χ3n) is 7.86. The highest BCUT2D eigenvalue weighted by Crippen LogP contribution is 2.50. The van der Waals surface area contributed by atoms with E-state index in [0.717, 1.165) is 16.0 Å². The highest BCUT2D eigenvalue weighted by Gasteiger charge is 2.45. The van der Waals surface area contributed by atoms with E-state index in [1.807, 2.05) is 22.8 Å². The average molecular weight is 521 g/mol. The number of imidazole rings is 1. The van der Waals surface area contributed by atoms with Gasteiger partial charge in [-0.1, -0.05) is 18.2 Å². The van der Waals surface area contributed by atoms with E-state index in [1.165, 1.54) is 18.2 Å². The van der Waals surface area contributed by atoms with Gasteiger partial charge < -0.3 is 24.6 Å². The molecule has 38 heavy (non-hydrogen) atoms. The van der Waals surface area contributed by atoms with Crippen LogP contribution in [0.3, 0.4) is 0 Å². The van der Waals surface area contributed by atoms with Gasteiger partial charge in [-0.15, -0.1) is 0 Å². The molecule has 2 N–H and O–H groups in total. The SMILES string of the molecule is [2H]C([2H])([2H])N1C(=O)c2cccc(OC(F)F)c2[C@H]2C[C@@H]1c1nc3ccc(-c4ccc(C5(O)CCNC5)nc4)cc3n12. The Hall–Kier alpha value is -3.89. The normalized spacial score (nSPS) is 25.6. The fourth-order valence-electron chi connectivity index (χ4n) is 6.03. The molecular weight excluding hydrogens is 492 g/mol. The molecule has 3 aliphatic heterocycles. The van der Waals surface area contributed by atoms with E-state index in [1.54, 1.807) is 18.3 Å². The minimum Gasteiger partial charge on any atom is -0.434 e. The van der Waals surface area contributed by atoms with Gasteiger partial charge in [0, 0.05) is 46.9 Å². The highest BCUT2D eigenvalue weighted by molar-refractivity contribution is 5.98. The van der Waals surface area contributed by atoms with Crippen LogP contribution in [0.15, 0.2) is 54.7 Å². The van der Waals surface area contributed by atoms with E-state index in [4.69, 9.17) is 13.8 Å². The first-order valence-electron chi connectivity index (χ1n) is 13.9. The average Bonchev–Trinajstić information content (AvgIpc) is 3.60. The molecule has 8 nitrogen and oxygen atoms in total. The Morgan fingerprint density at radius 3 is 2.82 bits per heavy atom. The topological polar surface area (TPSA) is 92.5 Å². The van der Waals surface area contributed by atoms with Gasteiger partial charge in [0.05, 0.1) is 28.8 Å². The molecule has 2 aromatic carbocycles. The summed E-state index contributed by atoms with van der Waals surface area (Å²) in [6, 6.07) is 11.9. The second-order valence-electron chi connectivity index (χ2n) is 9.97. The Balaban J connectivity index is 1.38. The van der Waals surface area contributed by atoms with Crippen LogP contribution in [0.4, 0.5) is 8.78 Å². The molecule has 5 heterocycles. The lowest BCUT2D eigenvalue weighted by Crippen LogP contribution is -2.30. The van der Waals surface area contributed by atoms with Gasteiger partial charge in [0.2, 0.25) is 0 Å². The second-order valence-corrected chi connectivity index (χ2v) is 9.97. The zero-order valence-electron chi connectivity index (χ0n) is 23.1. The fraction of sp³-hybridized carbons (Fsp3) is 0.321. The lowest BCUT2D eigenvalue weighted by Gasteiger charge is -2.24. The number of carbonyl (C=O) groups excluding carboxylic acids is 1. The number of β-amino-alcohol motifs (C(OH)–C–C–N with tert-alkyl or cyclic N) is 1. The largest absolute Gasteiger partial charge is 0.434 e. The van der Waals surface area contributed by atoms with Crippen LogP contribution in [-0.2, 0) is 5.60 Å². The number of pyridine rings is 1. The lowest BCUT2D eigenvalue weighted by molar-refractivity contribution is -0.0507. The van der Waals surface area contributed by atoms with E-state index in [9.17, 15) is 18.7 Å². The molecule has 0 radical (unpaired) electrons. The van der Waals surface area contributed by atoms with Crippen LogP contribution in [0.2, 0.25) is 0 Å². The van der Waals surface area contributed by atoms with Crippen LogP contribution >= 0.6 is 0 Å². The quantitative estimate of drug-likeness (QED) is 0.423. The molecule has 3 atom stereocenters. The molecule has 2 bridgehead atoms. The van der Waals surface area contributed by atoms with E-state index in [-0.39, 0.29) is 23.3 Å². The molecule has 194 valence electrons. The standard InChI is InChI=1S/C28H25F2N5O3/c1-34-21-12-20(24-17(26(34)36)3-2-4-22(24)38-27(29)30)35-19-11-15(5-7-18(19)33-25(21)35)16-6-8-23(32-13-16)28(37)9-10-31-14-28/h2-8,11,13,20-21,27,31,37H,9-10,12,14H2,1H3/t20-,21-,28?/m1/s1/i1D3. The first-order valence-corrected chi connectivity index (χ1v) is 12.4. The molecule has 1 fully saturated rings. The molecular formula is C28H25F2N5O3. The van der Waals surface area contributed by atoms with Crippen molar-refractivity contribution in [3.8, 4) is 16.9 Å². The van der Waals surface area contributed by atoms with Crippen molar-refractivity contribution < 1.29 is 27.5 Å². The molecule has 10 heteroatoms. The van der Waals surface area contributed by atoms with Gasteiger partial charge in [0.25, 0.3) is 5.91 Å². The van der Waals surface area contributed by atoms with Gasteiger partial charge in [0.15, 0.2) is 0 Å². The number of rotatable bonds is 4. The molecule has 0 spiro atoms. The fourth-order valence-corrected chi connectivity index (χ4v) is 6.03. The van der Waals surface area contributed by atoms with E-state index in [0.29, 0.717) is 42.1 Å². The smallest absolute Gasteiger partial charge is 0.387 e. The summed E-state index contributed by atoms with van der Waals surface area (Å²) in [6.07, 6.45) is 2.41. The first-order chi connectivity index (χ1) is 19.5. The number of nitrogens with one attached hydrogen (secondary N) is 1. The van der Waals surface area contributed by atoms with Crippen molar-refractivity contribution in [1.82, 2.24) is 24.8 Å². The van der Waals surface area contributed by atoms with Gasteiger partial charge in [-0.25, -0.2) is 4.98 Å². The van der Waals surface area contributed by atoms with E-state index in [2.05, 4.69) is 10.3 Å². The number of nitrogens with zero attached hydrogens (tertiary/aromatic N) is 4. The summed E-state index contributed by atoms with van der Waals surface area (Å²) in [4.78, 5) is 23.7. The maximum Gasteiger partial charge on any atom is 0.387 e. The number of fused-ring (bicyclic) bond motifs is 9. The van der Waals surface area contributed by atoms with Crippen molar-refractivity contribution in [3.63, 3.8) is 0 Å². The summed E-state index contributed by atoms with van der Waals surface area (Å²) in [5.41, 5.74) is 2.62. The zero-order valence-corrected chi connectivity index (χ0v) is 20.1. The van der Waals surface area contributed by atoms with Crippen LogP contribution < -0.4 is 10.1 Å². The summed E-state index contributed by atoms with van der Waals surface area (Å²) in [7, 11) is 0. The maximum atomic E-state index is 13.6. The molecule has 1 unspecified atom stereocenters. The van der Waals surface area contributed by atoms with Crippen LogP contribution in [0.5, 0.6) is 5.75 Å². The number of aliphatic hydroxyl groups is 1. The minimum atomic E-state index is -3.13. The number of ether oxygens (including phenoxy) is 1. The molecule has 1 amide bonds. The third-order valence-corrected chi connectivity index (χ3v) is 7.86. The summed E-state index contributed by atoms with van der Waals surface area (Å²) >= 11 is 0.